The molecular weight excluding hydrogens is 332 g/mol. The number of benzene rings is 1. The third kappa shape index (κ3) is 4.26. The van der Waals surface area contributed by atoms with Crippen LogP contribution in [0.5, 0.6) is 0 Å². The van der Waals surface area contributed by atoms with Gasteiger partial charge in [0.2, 0.25) is 0 Å². The zero-order valence-corrected chi connectivity index (χ0v) is 13.6. The molecule has 0 atom stereocenters. The largest absolute Gasteiger partial charge is 0.369 e. The number of anilines is 2. The normalized spacial score (nSPS) is 10.2. The second kappa shape index (κ2) is 7.17. The van der Waals surface area contributed by atoms with E-state index in [1.165, 1.54) is 6.20 Å². The third-order valence-electron chi connectivity index (χ3n) is 2.86. The molecule has 0 spiro atoms. The Morgan fingerprint density at radius 2 is 2.10 bits per heavy atom. The lowest BCUT2D eigenvalue weighted by atomic mass is 10.2. The van der Waals surface area contributed by atoms with Crippen LogP contribution in [-0.4, -0.2) is 22.4 Å². The Kier molecular flexibility index (Phi) is 5.27. The van der Waals surface area contributed by atoms with Crippen LogP contribution in [0.1, 0.15) is 29.4 Å². The van der Waals surface area contributed by atoms with Gasteiger partial charge in [-0.2, -0.15) is 0 Å². The molecule has 0 saturated carbocycles. The predicted molar refractivity (Wildman–Crippen MR) is 87.6 cm³/mol. The second-order valence-electron chi connectivity index (χ2n) is 4.63. The quantitative estimate of drug-likeness (QED) is 0.865. The SMILES string of the molecule is CCCNc1cnc(C(=O)Nc2ccc(Br)c(C)c2)cn1. The van der Waals surface area contributed by atoms with E-state index in [0.717, 1.165) is 28.7 Å². The maximum atomic E-state index is 12.1. The van der Waals surface area contributed by atoms with E-state index < -0.39 is 0 Å². The van der Waals surface area contributed by atoms with Gasteiger partial charge in [0.25, 0.3) is 5.91 Å². The molecule has 6 heteroatoms. The summed E-state index contributed by atoms with van der Waals surface area (Å²) in [6, 6.07) is 5.63. The van der Waals surface area contributed by atoms with E-state index in [1.807, 2.05) is 25.1 Å². The summed E-state index contributed by atoms with van der Waals surface area (Å²) in [7, 11) is 0. The van der Waals surface area contributed by atoms with Gasteiger partial charge in [-0.1, -0.05) is 22.9 Å². The van der Waals surface area contributed by atoms with E-state index in [-0.39, 0.29) is 11.6 Å². The molecule has 0 unspecified atom stereocenters. The first-order valence-electron chi connectivity index (χ1n) is 6.73. The Balaban J connectivity index is 2.04. The summed E-state index contributed by atoms with van der Waals surface area (Å²) in [5, 5.41) is 5.92. The maximum absolute atomic E-state index is 12.1. The van der Waals surface area contributed by atoms with Crippen molar-refractivity contribution in [1.82, 2.24) is 9.97 Å². The van der Waals surface area contributed by atoms with Crippen LogP contribution in [0, 0.1) is 6.92 Å². The molecule has 0 radical (unpaired) electrons. The van der Waals surface area contributed by atoms with Crippen LogP contribution >= 0.6 is 15.9 Å². The summed E-state index contributed by atoms with van der Waals surface area (Å²) in [6.07, 6.45) is 4.04. The minimum absolute atomic E-state index is 0.272. The molecule has 0 aliphatic heterocycles. The van der Waals surface area contributed by atoms with Crippen LogP contribution in [0.25, 0.3) is 0 Å². The van der Waals surface area contributed by atoms with E-state index in [1.54, 1.807) is 6.20 Å². The van der Waals surface area contributed by atoms with Crippen molar-refractivity contribution in [3.63, 3.8) is 0 Å². The number of hydrogen-bond donors (Lipinski definition) is 2. The van der Waals surface area contributed by atoms with Gasteiger partial charge in [0, 0.05) is 16.7 Å². The number of halogens is 1. The first kappa shape index (κ1) is 15.4. The number of nitrogens with one attached hydrogen (secondary N) is 2. The minimum atomic E-state index is -0.272. The number of nitrogens with zero attached hydrogens (tertiary/aromatic N) is 2. The number of aryl methyl sites for hydroxylation is 1. The highest BCUT2D eigenvalue weighted by Crippen LogP contribution is 2.20. The highest BCUT2D eigenvalue weighted by atomic mass is 79.9. The third-order valence-corrected chi connectivity index (χ3v) is 3.75. The molecule has 0 saturated heterocycles. The van der Waals surface area contributed by atoms with Gasteiger partial charge in [0.05, 0.1) is 12.4 Å². The van der Waals surface area contributed by atoms with Crippen molar-refractivity contribution in [3.05, 3.63) is 46.3 Å². The van der Waals surface area contributed by atoms with Crippen molar-refractivity contribution < 1.29 is 4.79 Å². The zero-order chi connectivity index (χ0) is 15.2. The molecule has 1 aromatic carbocycles. The first-order valence-corrected chi connectivity index (χ1v) is 7.53. The van der Waals surface area contributed by atoms with E-state index in [0.29, 0.717) is 5.82 Å². The molecule has 110 valence electrons. The van der Waals surface area contributed by atoms with Gasteiger partial charge in [-0.05, 0) is 37.1 Å². The number of amides is 1. The molecule has 1 heterocycles. The van der Waals surface area contributed by atoms with Gasteiger partial charge in [0.15, 0.2) is 0 Å². The number of rotatable bonds is 5. The van der Waals surface area contributed by atoms with Crippen molar-refractivity contribution in [2.24, 2.45) is 0 Å². The Bertz CT molecular complexity index is 628. The van der Waals surface area contributed by atoms with Crippen LogP contribution in [0.15, 0.2) is 35.1 Å². The summed E-state index contributed by atoms with van der Waals surface area (Å²) in [5.74, 6) is 0.402. The second-order valence-corrected chi connectivity index (χ2v) is 5.49. The van der Waals surface area contributed by atoms with Crippen LogP contribution in [0.4, 0.5) is 11.5 Å². The standard InChI is InChI=1S/C15H17BrN4O/c1-3-6-17-14-9-18-13(8-19-14)15(21)20-11-4-5-12(16)10(2)7-11/h4-5,7-9H,3,6H2,1-2H3,(H,17,19)(H,20,21). The summed E-state index contributed by atoms with van der Waals surface area (Å²) in [5.41, 5.74) is 2.08. The van der Waals surface area contributed by atoms with E-state index in [2.05, 4.69) is 43.5 Å². The number of hydrogen-bond acceptors (Lipinski definition) is 4. The minimum Gasteiger partial charge on any atom is -0.369 e. The topological polar surface area (TPSA) is 66.9 Å². The smallest absolute Gasteiger partial charge is 0.275 e. The van der Waals surface area contributed by atoms with Crippen molar-refractivity contribution in [3.8, 4) is 0 Å². The number of carbonyl (C=O) groups excluding carboxylic acids is 1. The Morgan fingerprint density at radius 3 is 2.71 bits per heavy atom. The highest BCUT2D eigenvalue weighted by Gasteiger charge is 2.09. The maximum Gasteiger partial charge on any atom is 0.275 e. The highest BCUT2D eigenvalue weighted by molar-refractivity contribution is 9.10. The molecule has 2 rings (SSSR count). The van der Waals surface area contributed by atoms with Gasteiger partial charge in [-0.3, -0.25) is 4.79 Å². The molecule has 0 fully saturated rings. The average molecular weight is 349 g/mol. The van der Waals surface area contributed by atoms with Crippen LogP contribution in [0.3, 0.4) is 0 Å². The van der Waals surface area contributed by atoms with Gasteiger partial charge >= 0.3 is 0 Å². The summed E-state index contributed by atoms with van der Waals surface area (Å²) >= 11 is 3.43. The van der Waals surface area contributed by atoms with E-state index >= 15 is 0 Å². The molecule has 1 aromatic heterocycles. The van der Waals surface area contributed by atoms with Crippen LogP contribution in [0.2, 0.25) is 0 Å². The summed E-state index contributed by atoms with van der Waals surface area (Å²) < 4.78 is 1.01. The van der Waals surface area contributed by atoms with E-state index in [4.69, 9.17) is 0 Å². The fourth-order valence-corrected chi connectivity index (χ4v) is 1.95. The monoisotopic (exact) mass is 348 g/mol. The molecule has 0 aliphatic rings. The van der Waals surface area contributed by atoms with Crippen molar-refractivity contribution >= 4 is 33.3 Å². The first-order chi connectivity index (χ1) is 10.1. The lowest BCUT2D eigenvalue weighted by Gasteiger charge is -2.07. The number of carbonyl (C=O) groups is 1. The van der Waals surface area contributed by atoms with Gasteiger partial charge in [-0.15, -0.1) is 0 Å². The lowest BCUT2D eigenvalue weighted by molar-refractivity contribution is 0.102. The van der Waals surface area contributed by atoms with Gasteiger partial charge in [-0.25, -0.2) is 9.97 Å². The average Bonchev–Trinajstić information content (AvgIpc) is 2.49. The summed E-state index contributed by atoms with van der Waals surface area (Å²) in [4.78, 5) is 20.4. The van der Waals surface area contributed by atoms with E-state index in [9.17, 15) is 4.79 Å². The van der Waals surface area contributed by atoms with Gasteiger partial charge < -0.3 is 10.6 Å². The molecule has 5 nitrogen and oxygen atoms in total. The zero-order valence-electron chi connectivity index (χ0n) is 12.0. The molecule has 0 bridgehead atoms. The summed E-state index contributed by atoms with van der Waals surface area (Å²) in [6.45, 7) is 4.87. The van der Waals surface area contributed by atoms with Crippen LogP contribution < -0.4 is 10.6 Å². The fraction of sp³-hybridized carbons (Fsp3) is 0.267. The molecular formula is C15H17BrN4O. The molecule has 1 amide bonds. The predicted octanol–water partition coefficient (Wildman–Crippen LogP) is 3.62. The molecule has 0 aliphatic carbocycles. The van der Waals surface area contributed by atoms with Crippen molar-refractivity contribution in [1.29, 1.82) is 0 Å². The Labute approximate surface area is 132 Å². The van der Waals surface area contributed by atoms with Crippen LogP contribution in [-0.2, 0) is 0 Å². The number of aromatic nitrogens is 2. The molecule has 21 heavy (non-hydrogen) atoms. The van der Waals surface area contributed by atoms with Crippen molar-refractivity contribution in [2.75, 3.05) is 17.2 Å². The Morgan fingerprint density at radius 1 is 1.29 bits per heavy atom. The Hall–Kier alpha value is -1.95. The lowest BCUT2D eigenvalue weighted by Crippen LogP contribution is -2.14. The molecule has 2 N–H and O–H groups in total. The van der Waals surface area contributed by atoms with Crippen molar-refractivity contribution in [2.45, 2.75) is 20.3 Å². The molecule has 2 aromatic rings. The fourth-order valence-electron chi connectivity index (χ4n) is 1.71. The van der Waals surface area contributed by atoms with Gasteiger partial charge in [0.1, 0.15) is 11.5 Å².